The fourth-order valence-electron chi connectivity index (χ4n) is 4.32. The second-order valence-electron chi connectivity index (χ2n) is 7.70. The van der Waals surface area contributed by atoms with Gasteiger partial charge in [-0.15, -0.1) is 0 Å². The molecule has 9 nitrogen and oxygen atoms in total. The molecule has 2 N–H and O–H groups in total. The van der Waals surface area contributed by atoms with Gasteiger partial charge in [-0.1, -0.05) is 0 Å². The number of aromatic amines is 1. The van der Waals surface area contributed by atoms with E-state index in [1.807, 2.05) is 36.6 Å². The number of rotatable bonds is 4. The molecule has 1 saturated heterocycles. The molecule has 0 aliphatic carbocycles. The van der Waals surface area contributed by atoms with Gasteiger partial charge in [0.05, 0.1) is 5.39 Å². The third-order valence-corrected chi connectivity index (χ3v) is 5.88. The molecular weight excluding hydrogens is 370 g/mol. The number of nitrogens with one attached hydrogen (secondary N) is 2. The summed E-state index contributed by atoms with van der Waals surface area (Å²) in [7, 11) is 3.73. The highest BCUT2D eigenvalue weighted by Crippen LogP contribution is 2.24. The molecular formula is C20H27N7O2. The number of pyridine rings is 1. The molecule has 0 bridgehead atoms. The van der Waals surface area contributed by atoms with Crippen molar-refractivity contribution in [2.45, 2.75) is 32.7 Å². The van der Waals surface area contributed by atoms with Crippen molar-refractivity contribution in [3.8, 4) is 0 Å². The van der Waals surface area contributed by atoms with E-state index in [0.29, 0.717) is 37.0 Å². The lowest BCUT2D eigenvalue weighted by molar-refractivity contribution is -0.134. The van der Waals surface area contributed by atoms with Crippen LogP contribution in [0, 0.1) is 13.8 Å². The Morgan fingerprint density at radius 3 is 2.83 bits per heavy atom. The number of piperazine rings is 1. The molecule has 1 amide bonds. The third kappa shape index (κ3) is 3.35. The molecule has 4 heterocycles. The number of hydrogen-bond donors (Lipinski definition) is 2. The lowest BCUT2D eigenvalue weighted by Gasteiger charge is -2.36. The van der Waals surface area contributed by atoms with Crippen molar-refractivity contribution >= 4 is 16.9 Å². The molecule has 1 aliphatic rings. The van der Waals surface area contributed by atoms with Crippen LogP contribution in [0.4, 0.5) is 0 Å². The van der Waals surface area contributed by atoms with Gasteiger partial charge in [-0.25, -0.2) is 9.97 Å². The number of carbonyl (C=O) groups is 1. The largest absolute Gasteiger partial charge is 0.336 e. The molecule has 1 fully saturated rings. The van der Waals surface area contributed by atoms with Gasteiger partial charge in [0.25, 0.3) is 5.56 Å². The number of imidazole rings is 1. The Kier molecular flexibility index (Phi) is 4.99. The van der Waals surface area contributed by atoms with Gasteiger partial charge in [0.2, 0.25) is 5.91 Å². The minimum Gasteiger partial charge on any atom is -0.336 e. The maximum Gasteiger partial charge on any atom is 0.273 e. The molecule has 0 spiro atoms. The molecule has 3 aromatic rings. The number of fused-ring (bicyclic) bond motifs is 1. The summed E-state index contributed by atoms with van der Waals surface area (Å²) in [5, 5.41) is 6.72. The highest BCUT2D eigenvalue weighted by molar-refractivity contribution is 5.81. The van der Waals surface area contributed by atoms with Gasteiger partial charge in [-0.05, 0) is 31.4 Å². The van der Waals surface area contributed by atoms with E-state index >= 15 is 0 Å². The summed E-state index contributed by atoms with van der Waals surface area (Å²) in [5.74, 6) is 0.984. The Hall–Kier alpha value is -2.94. The molecule has 0 saturated carbocycles. The number of aryl methyl sites for hydroxylation is 4. The normalized spacial score (nSPS) is 17.2. The average Bonchev–Trinajstić information content (AvgIpc) is 3.24. The minimum absolute atomic E-state index is 0.0731. The van der Waals surface area contributed by atoms with Crippen molar-refractivity contribution in [2.24, 2.45) is 14.1 Å². The number of amides is 1. The zero-order valence-electron chi connectivity index (χ0n) is 17.3. The van der Waals surface area contributed by atoms with Crippen molar-refractivity contribution in [3.63, 3.8) is 0 Å². The van der Waals surface area contributed by atoms with Crippen LogP contribution in [0.15, 0.2) is 17.2 Å². The highest BCUT2D eigenvalue weighted by atomic mass is 16.2. The molecule has 3 aromatic heterocycles. The van der Waals surface area contributed by atoms with Gasteiger partial charge in [0, 0.05) is 58.2 Å². The monoisotopic (exact) mass is 397 g/mol. The lowest BCUT2D eigenvalue weighted by atomic mass is 9.99. The van der Waals surface area contributed by atoms with E-state index in [1.165, 1.54) is 0 Å². The number of hydrogen-bond acceptors (Lipinski definition) is 5. The van der Waals surface area contributed by atoms with Gasteiger partial charge in [0.1, 0.15) is 11.9 Å². The zero-order chi connectivity index (χ0) is 20.7. The summed E-state index contributed by atoms with van der Waals surface area (Å²) >= 11 is 0. The molecule has 1 atom stereocenters. The molecule has 1 aliphatic heterocycles. The van der Waals surface area contributed by atoms with Gasteiger partial charge in [-0.2, -0.15) is 0 Å². The van der Waals surface area contributed by atoms with Crippen molar-refractivity contribution in [2.75, 3.05) is 19.6 Å². The molecule has 9 heteroatoms. The predicted octanol–water partition coefficient (Wildman–Crippen LogP) is 0.718. The zero-order valence-corrected chi connectivity index (χ0v) is 17.3. The van der Waals surface area contributed by atoms with Crippen LogP contribution < -0.4 is 10.9 Å². The van der Waals surface area contributed by atoms with E-state index in [-0.39, 0.29) is 17.5 Å². The molecule has 4 rings (SSSR count). The quantitative estimate of drug-likeness (QED) is 0.676. The SMILES string of the molecule is Cc1nc2c(c(C)c1CCC(=O)N1CCNCC1c1nccn1C)c(=O)[nH]n2C. The highest BCUT2D eigenvalue weighted by Gasteiger charge is 2.30. The summed E-state index contributed by atoms with van der Waals surface area (Å²) < 4.78 is 3.61. The van der Waals surface area contributed by atoms with Crippen molar-refractivity contribution in [3.05, 3.63) is 45.4 Å². The third-order valence-electron chi connectivity index (χ3n) is 5.88. The first-order valence-corrected chi connectivity index (χ1v) is 9.90. The Bertz CT molecular complexity index is 1120. The van der Waals surface area contributed by atoms with Gasteiger partial charge in [-0.3, -0.25) is 19.4 Å². The number of carbonyl (C=O) groups excluding carboxylic acids is 1. The van der Waals surface area contributed by atoms with E-state index in [4.69, 9.17) is 0 Å². The molecule has 29 heavy (non-hydrogen) atoms. The maximum atomic E-state index is 13.1. The van der Waals surface area contributed by atoms with Gasteiger partial charge < -0.3 is 14.8 Å². The average molecular weight is 397 g/mol. The van der Waals surface area contributed by atoms with E-state index in [9.17, 15) is 9.59 Å². The molecule has 0 aromatic carbocycles. The summed E-state index contributed by atoms with van der Waals surface area (Å²) in [6, 6.07) is -0.0731. The fraction of sp³-hybridized carbons (Fsp3) is 0.500. The van der Waals surface area contributed by atoms with Crippen LogP contribution in [-0.2, 0) is 25.3 Å². The van der Waals surface area contributed by atoms with Crippen molar-refractivity contribution in [1.82, 2.24) is 34.5 Å². The Balaban J connectivity index is 1.57. The van der Waals surface area contributed by atoms with Crippen LogP contribution in [0.2, 0.25) is 0 Å². The van der Waals surface area contributed by atoms with Crippen LogP contribution in [0.1, 0.15) is 35.1 Å². The number of aromatic nitrogens is 5. The standard InChI is InChI=1S/C20H27N7O2/c1-12-14(13(2)23-19-17(12)20(29)24-26(19)4)5-6-16(28)27-10-7-21-11-15(27)18-22-8-9-25(18)3/h8-9,15,21H,5-7,10-11H2,1-4H3,(H,24,29). The number of H-pyrrole nitrogens is 1. The van der Waals surface area contributed by atoms with Gasteiger partial charge in [0.15, 0.2) is 5.65 Å². The Labute approximate surface area is 168 Å². The first kappa shape index (κ1) is 19.4. The summed E-state index contributed by atoms with van der Waals surface area (Å²) in [6.07, 6.45) is 4.60. The van der Waals surface area contributed by atoms with Crippen LogP contribution in [0.25, 0.3) is 11.0 Å². The molecule has 0 radical (unpaired) electrons. The second-order valence-corrected chi connectivity index (χ2v) is 7.70. The topological polar surface area (TPSA) is 101 Å². The Morgan fingerprint density at radius 1 is 1.31 bits per heavy atom. The predicted molar refractivity (Wildman–Crippen MR) is 110 cm³/mol. The minimum atomic E-state index is -0.142. The van der Waals surface area contributed by atoms with Gasteiger partial charge >= 0.3 is 0 Å². The Morgan fingerprint density at radius 2 is 2.10 bits per heavy atom. The first-order chi connectivity index (χ1) is 13.9. The molecule has 154 valence electrons. The first-order valence-electron chi connectivity index (χ1n) is 9.90. The van der Waals surface area contributed by atoms with Crippen molar-refractivity contribution < 1.29 is 4.79 Å². The van der Waals surface area contributed by atoms with Crippen LogP contribution in [0.3, 0.4) is 0 Å². The van der Waals surface area contributed by atoms with Crippen LogP contribution in [0.5, 0.6) is 0 Å². The van der Waals surface area contributed by atoms with Crippen molar-refractivity contribution in [1.29, 1.82) is 0 Å². The summed E-state index contributed by atoms with van der Waals surface area (Å²) in [5.41, 5.74) is 3.25. The lowest BCUT2D eigenvalue weighted by Crippen LogP contribution is -2.49. The second kappa shape index (κ2) is 7.47. The van der Waals surface area contributed by atoms with Crippen LogP contribution >= 0.6 is 0 Å². The maximum absolute atomic E-state index is 13.1. The fourth-order valence-corrected chi connectivity index (χ4v) is 4.32. The summed E-state index contributed by atoms with van der Waals surface area (Å²) in [6.45, 7) is 6.00. The van der Waals surface area contributed by atoms with E-state index in [2.05, 4.69) is 20.4 Å². The number of nitrogens with zero attached hydrogens (tertiary/aromatic N) is 5. The van der Waals surface area contributed by atoms with E-state index < -0.39 is 0 Å². The van der Waals surface area contributed by atoms with E-state index in [0.717, 1.165) is 29.2 Å². The van der Waals surface area contributed by atoms with Crippen LogP contribution in [-0.4, -0.2) is 54.8 Å². The smallest absolute Gasteiger partial charge is 0.273 e. The van der Waals surface area contributed by atoms with E-state index in [1.54, 1.807) is 17.9 Å². The summed E-state index contributed by atoms with van der Waals surface area (Å²) in [4.78, 5) is 36.3. The molecule has 1 unspecified atom stereocenters.